The van der Waals surface area contributed by atoms with Gasteiger partial charge < -0.3 is 29.5 Å². The van der Waals surface area contributed by atoms with Crippen LogP contribution in [0.4, 0.5) is 0 Å². The molecule has 1 saturated heterocycles. The highest BCUT2D eigenvalue weighted by Gasteiger charge is 2.57. The molecule has 3 N–H and O–H groups in total. The van der Waals surface area contributed by atoms with Gasteiger partial charge in [-0.25, -0.2) is 0 Å². The monoisotopic (exact) mass is 492 g/mol. The number of allylic oxidation sites excluding steroid dienone is 2. The van der Waals surface area contributed by atoms with E-state index >= 15 is 0 Å². The van der Waals surface area contributed by atoms with E-state index in [9.17, 15) is 24.9 Å². The third-order valence-electron chi connectivity index (χ3n) is 8.99. The van der Waals surface area contributed by atoms with Crippen molar-refractivity contribution >= 4 is 12.3 Å². The van der Waals surface area contributed by atoms with Crippen LogP contribution in [0, 0.1) is 22.7 Å². The smallest absolute Gasteiger partial charge is 0.303 e. The maximum atomic E-state index is 12.2. The Labute approximate surface area is 207 Å². The summed E-state index contributed by atoms with van der Waals surface area (Å²) in [6.45, 7) is 10.1. The highest BCUT2D eigenvalue weighted by Crippen LogP contribution is 2.63. The van der Waals surface area contributed by atoms with Crippen LogP contribution in [0.15, 0.2) is 22.8 Å². The van der Waals surface area contributed by atoms with Crippen molar-refractivity contribution in [2.75, 3.05) is 6.61 Å². The van der Waals surface area contributed by atoms with E-state index in [0.29, 0.717) is 24.2 Å². The van der Waals surface area contributed by atoms with Crippen LogP contribution in [0.1, 0.15) is 66.7 Å². The van der Waals surface area contributed by atoms with E-state index in [1.54, 1.807) is 6.08 Å². The molecule has 0 bridgehead atoms. The first-order chi connectivity index (χ1) is 16.4. The third kappa shape index (κ3) is 4.64. The molecule has 35 heavy (non-hydrogen) atoms. The van der Waals surface area contributed by atoms with Crippen LogP contribution in [0.25, 0.3) is 0 Å². The third-order valence-corrected chi connectivity index (χ3v) is 8.99. The van der Waals surface area contributed by atoms with Gasteiger partial charge in [-0.15, -0.1) is 0 Å². The lowest BCUT2D eigenvalue weighted by molar-refractivity contribution is -0.289. The number of esters is 1. The molecule has 0 aromatic carbocycles. The van der Waals surface area contributed by atoms with Crippen molar-refractivity contribution in [2.45, 2.75) is 104 Å². The van der Waals surface area contributed by atoms with Crippen molar-refractivity contribution in [3.8, 4) is 0 Å². The molecule has 0 aromatic heterocycles. The van der Waals surface area contributed by atoms with Gasteiger partial charge in [-0.2, -0.15) is 0 Å². The van der Waals surface area contributed by atoms with Crippen molar-refractivity contribution < 1.29 is 39.1 Å². The summed E-state index contributed by atoms with van der Waals surface area (Å²) in [4.78, 5) is 24.2. The predicted molar refractivity (Wildman–Crippen MR) is 127 cm³/mol. The number of aliphatic hydroxyl groups is 3. The molecule has 0 spiro atoms. The quantitative estimate of drug-likeness (QED) is 0.304. The second-order valence-corrected chi connectivity index (χ2v) is 11.6. The molecule has 4 aliphatic rings. The van der Waals surface area contributed by atoms with Crippen molar-refractivity contribution in [3.05, 3.63) is 22.8 Å². The molecule has 3 aliphatic carbocycles. The fraction of sp³-hybridized carbons (Fsp3) is 0.778. The van der Waals surface area contributed by atoms with E-state index in [1.807, 2.05) is 0 Å². The van der Waals surface area contributed by atoms with Gasteiger partial charge in [0.05, 0.1) is 12.7 Å². The van der Waals surface area contributed by atoms with Crippen LogP contribution >= 0.6 is 0 Å². The number of ether oxygens (including phenoxy) is 3. The molecule has 0 radical (unpaired) electrons. The van der Waals surface area contributed by atoms with Crippen molar-refractivity contribution in [3.63, 3.8) is 0 Å². The van der Waals surface area contributed by atoms with Crippen molar-refractivity contribution in [1.29, 1.82) is 0 Å². The molecule has 1 saturated carbocycles. The summed E-state index contributed by atoms with van der Waals surface area (Å²) in [5, 5.41) is 30.6. The predicted octanol–water partition coefficient (Wildman–Crippen LogP) is 2.44. The summed E-state index contributed by atoms with van der Waals surface area (Å²) >= 11 is 0. The molecule has 8 nitrogen and oxygen atoms in total. The molecule has 0 unspecified atom stereocenters. The van der Waals surface area contributed by atoms with Gasteiger partial charge >= 0.3 is 5.97 Å². The van der Waals surface area contributed by atoms with Crippen LogP contribution in [0.2, 0.25) is 0 Å². The zero-order valence-electron chi connectivity index (χ0n) is 21.4. The number of rotatable bonds is 5. The number of hydrogen-bond acceptors (Lipinski definition) is 8. The number of carbonyl (C=O) groups excluding carboxylic acids is 2. The van der Waals surface area contributed by atoms with E-state index < -0.39 is 48.2 Å². The molecule has 8 heteroatoms. The summed E-state index contributed by atoms with van der Waals surface area (Å²) in [5.74, 6) is -0.0851. The Balaban J connectivity index is 1.80. The van der Waals surface area contributed by atoms with Gasteiger partial charge in [0.1, 0.15) is 30.7 Å². The first kappa shape index (κ1) is 26.5. The summed E-state index contributed by atoms with van der Waals surface area (Å²) in [6, 6.07) is 0. The normalized spacial score (nSPS) is 43.8. The van der Waals surface area contributed by atoms with Crippen LogP contribution in [0.3, 0.4) is 0 Å². The summed E-state index contributed by atoms with van der Waals surface area (Å²) < 4.78 is 17.6. The van der Waals surface area contributed by atoms with Crippen LogP contribution < -0.4 is 0 Å². The van der Waals surface area contributed by atoms with Crippen LogP contribution in [-0.4, -0.2) is 71.0 Å². The van der Waals surface area contributed by atoms with E-state index in [0.717, 1.165) is 25.7 Å². The number of hydrogen-bond donors (Lipinski definition) is 3. The average molecular weight is 493 g/mol. The lowest BCUT2D eigenvalue weighted by atomic mass is 9.54. The molecule has 1 aliphatic heterocycles. The van der Waals surface area contributed by atoms with Gasteiger partial charge in [0, 0.05) is 17.9 Å². The lowest BCUT2D eigenvalue weighted by Gasteiger charge is -2.53. The number of fused-ring (bicyclic) bond motifs is 3. The van der Waals surface area contributed by atoms with E-state index in [4.69, 9.17) is 14.2 Å². The first-order valence-corrected chi connectivity index (χ1v) is 12.8. The summed E-state index contributed by atoms with van der Waals surface area (Å²) in [5.41, 5.74) is 2.74. The average Bonchev–Trinajstić information content (AvgIpc) is 3.10. The topological polar surface area (TPSA) is 123 Å². The Morgan fingerprint density at radius 1 is 1.17 bits per heavy atom. The number of carbonyl (C=O) groups is 2. The van der Waals surface area contributed by atoms with Crippen LogP contribution in [0.5, 0.6) is 0 Å². The number of aliphatic hydroxyl groups excluding tert-OH is 3. The minimum atomic E-state index is -1.44. The Kier molecular flexibility index (Phi) is 7.34. The molecule has 4 rings (SSSR count). The standard InChI is InChI=1S/C27H40O8/c1-14(2)17-6-7-26(4)8-9-27(5)18(22(17)26)11-20(34-15(3)29)16(12-28)10-21(27)35-25-24(32)23(31)19(30)13-33-25/h10,12,14,18-21,23-25,30-32H,6-9,11,13H2,1-5H3/t18-,19-,20-,21+,23+,24-,25+,26-,27-/m1/s1. The minimum Gasteiger partial charge on any atom is -0.458 e. The van der Waals surface area contributed by atoms with Gasteiger partial charge in [-0.1, -0.05) is 38.8 Å². The lowest BCUT2D eigenvalue weighted by Crippen LogP contribution is -2.56. The fourth-order valence-corrected chi connectivity index (χ4v) is 6.84. The van der Waals surface area contributed by atoms with Gasteiger partial charge in [0.25, 0.3) is 0 Å². The molecule has 0 amide bonds. The second kappa shape index (κ2) is 9.71. The van der Waals surface area contributed by atoms with Gasteiger partial charge in [-0.3, -0.25) is 9.59 Å². The van der Waals surface area contributed by atoms with E-state index in [2.05, 4.69) is 27.7 Å². The Morgan fingerprint density at radius 3 is 2.51 bits per heavy atom. The molecular formula is C27H40O8. The number of aldehydes is 1. The highest BCUT2D eigenvalue weighted by molar-refractivity contribution is 5.77. The van der Waals surface area contributed by atoms with Crippen LogP contribution in [-0.2, 0) is 23.8 Å². The van der Waals surface area contributed by atoms with Gasteiger partial charge in [-0.05, 0) is 55.4 Å². The molecule has 2 fully saturated rings. The van der Waals surface area contributed by atoms with E-state index in [-0.39, 0.29) is 17.9 Å². The fourth-order valence-electron chi connectivity index (χ4n) is 6.84. The molecule has 9 atom stereocenters. The summed E-state index contributed by atoms with van der Waals surface area (Å²) in [7, 11) is 0. The zero-order chi connectivity index (χ0) is 25.7. The zero-order valence-corrected chi connectivity index (χ0v) is 21.4. The highest BCUT2D eigenvalue weighted by atomic mass is 16.7. The largest absolute Gasteiger partial charge is 0.458 e. The van der Waals surface area contributed by atoms with Crippen molar-refractivity contribution in [2.24, 2.45) is 22.7 Å². The van der Waals surface area contributed by atoms with E-state index in [1.165, 1.54) is 18.1 Å². The maximum absolute atomic E-state index is 12.2. The minimum absolute atomic E-state index is 0.0135. The Hall–Kier alpha value is -1.58. The maximum Gasteiger partial charge on any atom is 0.303 e. The Bertz CT molecular complexity index is 909. The Morgan fingerprint density at radius 2 is 1.89 bits per heavy atom. The second-order valence-electron chi connectivity index (χ2n) is 11.6. The first-order valence-electron chi connectivity index (χ1n) is 12.8. The molecule has 196 valence electrons. The SMILES string of the molecule is CC(=O)O[C@@H]1C[C@@H]2C3=C(C(C)C)CC[C@]3(C)CC[C@@]2(C)[C@@H](O[C@@H]2OC[C@@H](O)[C@H](O)[C@H]2O)C=C1C=O. The molecule has 0 aromatic rings. The molecule has 1 heterocycles. The van der Waals surface area contributed by atoms with Gasteiger partial charge in [0.15, 0.2) is 6.29 Å². The summed E-state index contributed by atoms with van der Waals surface area (Å²) in [6.07, 6.45) is 0.254. The van der Waals surface area contributed by atoms with Crippen molar-refractivity contribution in [1.82, 2.24) is 0 Å². The van der Waals surface area contributed by atoms with Gasteiger partial charge in [0.2, 0.25) is 0 Å². The molecular weight excluding hydrogens is 452 g/mol.